The first kappa shape index (κ1) is 14.8. The molecule has 2 aromatic rings. The number of aromatic nitrogens is 1. The molecule has 23 heavy (non-hydrogen) atoms. The van der Waals surface area contributed by atoms with E-state index in [4.69, 9.17) is 4.74 Å². The monoisotopic (exact) mass is 312 g/mol. The van der Waals surface area contributed by atoms with E-state index in [0.29, 0.717) is 6.54 Å². The van der Waals surface area contributed by atoms with E-state index in [1.807, 2.05) is 24.4 Å². The van der Waals surface area contributed by atoms with Crippen molar-refractivity contribution >= 4 is 0 Å². The van der Waals surface area contributed by atoms with Gasteiger partial charge in [0, 0.05) is 49.4 Å². The van der Waals surface area contributed by atoms with Gasteiger partial charge in [-0.25, -0.2) is 4.39 Å². The van der Waals surface area contributed by atoms with Crippen molar-refractivity contribution in [3.63, 3.8) is 0 Å². The summed E-state index contributed by atoms with van der Waals surface area (Å²) >= 11 is 0. The normalized spacial score (nSPS) is 23.1. The second-order valence-corrected chi connectivity index (χ2v) is 6.94. The number of nitrogens with zero attached hydrogens (tertiary/aromatic N) is 2. The van der Waals surface area contributed by atoms with Crippen LogP contribution in [0.3, 0.4) is 0 Å². The number of benzene rings is 1. The molecule has 120 valence electrons. The molecule has 0 saturated carbocycles. The molecule has 4 rings (SSSR count). The molecule has 3 nitrogen and oxygen atoms in total. The first-order valence-electron chi connectivity index (χ1n) is 8.19. The maximum atomic E-state index is 13.7. The zero-order valence-corrected chi connectivity index (χ0v) is 13.1. The second kappa shape index (κ2) is 6.02. The highest BCUT2D eigenvalue weighted by atomic mass is 19.1. The molecule has 2 saturated heterocycles. The smallest absolute Gasteiger partial charge is 0.127 e. The molecule has 0 amide bonds. The number of hydrogen-bond acceptors (Lipinski definition) is 3. The summed E-state index contributed by atoms with van der Waals surface area (Å²) in [6.07, 6.45) is 6.03. The van der Waals surface area contributed by atoms with E-state index in [-0.39, 0.29) is 17.3 Å². The molecule has 0 bridgehead atoms. The average molecular weight is 312 g/mol. The molecule has 0 radical (unpaired) electrons. The van der Waals surface area contributed by atoms with Gasteiger partial charge in [0.05, 0.1) is 12.7 Å². The fraction of sp³-hybridized carbons (Fsp3) is 0.421. The summed E-state index contributed by atoms with van der Waals surface area (Å²) in [5.74, 6) is -0.106. The number of hydrogen-bond donors (Lipinski definition) is 0. The van der Waals surface area contributed by atoms with Crippen molar-refractivity contribution in [2.45, 2.75) is 25.5 Å². The van der Waals surface area contributed by atoms with Crippen molar-refractivity contribution in [1.82, 2.24) is 9.88 Å². The molecule has 2 aliphatic rings. The molecule has 4 heteroatoms. The summed E-state index contributed by atoms with van der Waals surface area (Å²) in [5.41, 5.74) is 2.29. The zero-order valence-electron chi connectivity index (χ0n) is 13.1. The van der Waals surface area contributed by atoms with Crippen molar-refractivity contribution < 1.29 is 9.13 Å². The van der Waals surface area contributed by atoms with E-state index in [2.05, 4.69) is 16.0 Å². The van der Waals surface area contributed by atoms with Gasteiger partial charge in [0.2, 0.25) is 0 Å². The summed E-state index contributed by atoms with van der Waals surface area (Å²) in [6, 6.07) is 11.1. The van der Waals surface area contributed by atoms with Crippen molar-refractivity contribution in [3.8, 4) is 0 Å². The van der Waals surface area contributed by atoms with Gasteiger partial charge in [-0.15, -0.1) is 0 Å². The minimum absolute atomic E-state index is 0.106. The van der Waals surface area contributed by atoms with Crippen molar-refractivity contribution in [3.05, 3.63) is 65.7 Å². The molecular weight excluding hydrogens is 291 g/mol. The van der Waals surface area contributed by atoms with E-state index in [1.165, 1.54) is 11.6 Å². The molecule has 2 fully saturated rings. The van der Waals surface area contributed by atoms with Crippen LogP contribution in [0.5, 0.6) is 0 Å². The molecule has 0 N–H and O–H groups in total. The SMILES string of the molecule is Fc1ccccc1CN1CC2(CO[C@@H](Cc3cccnc3)C2)C1. The van der Waals surface area contributed by atoms with Gasteiger partial charge in [-0.1, -0.05) is 24.3 Å². The van der Waals surface area contributed by atoms with Crippen molar-refractivity contribution in [2.24, 2.45) is 5.41 Å². The number of pyridine rings is 1. The molecule has 0 unspecified atom stereocenters. The molecule has 2 aliphatic heterocycles. The Bertz CT molecular complexity index is 670. The van der Waals surface area contributed by atoms with Gasteiger partial charge in [-0.2, -0.15) is 0 Å². The molecular formula is C19H21FN2O. The van der Waals surface area contributed by atoms with Gasteiger partial charge in [0.1, 0.15) is 5.82 Å². The number of ether oxygens (including phenoxy) is 1. The fourth-order valence-electron chi connectivity index (χ4n) is 3.91. The number of likely N-dealkylation sites (tertiary alicyclic amines) is 1. The summed E-state index contributed by atoms with van der Waals surface area (Å²) < 4.78 is 19.7. The third kappa shape index (κ3) is 3.14. The lowest BCUT2D eigenvalue weighted by Crippen LogP contribution is -2.56. The topological polar surface area (TPSA) is 25.4 Å². The molecule has 1 aromatic carbocycles. The maximum absolute atomic E-state index is 13.7. The molecule has 1 aromatic heterocycles. The lowest BCUT2D eigenvalue weighted by molar-refractivity contribution is -0.0146. The Labute approximate surface area is 136 Å². The summed E-state index contributed by atoms with van der Waals surface area (Å²) in [6.45, 7) is 3.53. The number of rotatable bonds is 4. The molecule has 1 atom stereocenters. The Kier molecular flexibility index (Phi) is 3.87. The van der Waals surface area contributed by atoms with Gasteiger partial charge in [-0.3, -0.25) is 9.88 Å². The maximum Gasteiger partial charge on any atom is 0.127 e. The minimum atomic E-state index is -0.106. The molecule has 0 aliphatic carbocycles. The molecule has 3 heterocycles. The van der Waals surface area contributed by atoms with Gasteiger partial charge in [0.25, 0.3) is 0 Å². The summed E-state index contributed by atoms with van der Waals surface area (Å²) in [4.78, 5) is 6.48. The third-order valence-electron chi connectivity index (χ3n) is 4.94. The standard InChI is InChI=1S/C19H21FN2O/c20-18-6-2-1-5-16(18)11-22-12-19(13-22)9-17(23-14-19)8-15-4-3-7-21-10-15/h1-7,10,17H,8-9,11-14H2/t17-/m0/s1. The first-order valence-corrected chi connectivity index (χ1v) is 8.19. The Hall–Kier alpha value is -1.78. The second-order valence-electron chi connectivity index (χ2n) is 6.94. The number of halogens is 1. The van der Waals surface area contributed by atoms with Crippen LogP contribution in [-0.4, -0.2) is 35.7 Å². The lowest BCUT2D eigenvalue weighted by Gasteiger charge is -2.47. The van der Waals surface area contributed by atoms with Crippen LogP contribution in [0.15, 0.2) is 48.8 Å². The van der Waals surface area contributed by atoms with Crippen LogP contribution in [0.25, 0.3) is 0 Å². The largest absolute Gasteiger partial charge is 0.377 e. The van der Waals surface area contributed by atoms with Crippen LogP contribution >= 0.6 is 0 Å². The Morgan fingerprint density at radius 1 is 1.22 bits per heavy atom. The first-order chi connectivity index (χ1) is 11.2. The average Bonchev–Trinajstić information content (AvgIpc) is 2.94. The Morgan fingerprint density at radius 2 is 2.09 bits per heavy atom. The summed E-state index contributed by atoms with van der Waals surface area (Å²) in [5, 5.41) is 0. The highest BCUT2D eigenvalue weighted by Crippen LogP contribution is 2.42. The Morgan fingerprint density at radius 3 is 2.87 bits per heavy atom. The van der Waals surface area contributed by atoms with Gasteiger partial charge < -0.3 is 4.74 Å². The van der Waals surface area contributed by atoms with Crippen LogP contribution in [-0.2, 0) is 17.7 Å². The predicted molar refractivity (Wildman–Crippen MR) is 86.4 cm³/mol. The Balaban J connectivity index is 1.30. The van der Waals surface area contributed by atoms with Crippen molar-refractivity contribution in [2.75, 3.05) is 19.7 Å². The van der Waals surface area contributed by atoms with Crippen LogP contribution in [0.4, 0.5) is 4.39 Å². The van der Waals surface area contributed by atoms with E-state index in [9.17, 15) is 4.39 Å². The fourth-order valence-corrected chi connectivity index (χ4v) is 3.91. The highest BCUT2D eigenvalue weighted by molar-refractivity contribution is 5.18. The van der Waals surface area contributed by atoms with Gasteiger partial charge in [-0.05, 0) is 24.1 Å². The van der Waals surface area contributed by atoms with Gasteiger partial charge in [0.15, 0.2) is 0 Å². The minimum Gasteiger partial charge on any atom is -0.377 e. The molecule has 1 spiro atoms. The zero-order chi connectivity index (χ0) is 15.7. The van der Waals surface area contributed by atoms with Gasteiger partial charge >= 0.3 is 0 Å². The highest BCUT2D eigenvalue weighted by Gasteiger charge is 2.48. The van der Waals surface area contributed by atoms with E-state index in [1.54, 1.807) is 12.3 Å². The van der Waals surface area contributed by atoms with E-state index >= 15 is 0 Å². The van der Waals surface area contributed by atoms with Crippen molar-refractivity contribution in [1.29, 1.82) is 0 Å². The van der Waals surface area contributed by atoms with Crippen LogP contribution < -0.4 is 0 Å². The quantitative estimate of drug-likeness (QED) is 0.867. The van der Waals surface area contributed by atoms with E-state index in [0.717, 1.165) is 38.1 Å². The predicted octanol–water partition coefficient (Wildman–Crippen LogP) is 3.05. The van der Waals surface area contributed by atoms with Crippen LogP contribution in [0.2, 0.25) is 0 Å². The summed E-state index contributed by atoms with van der Waals surface area (Å²) in [7, 11) is 0. The van der Waals surface area contributed by atoms with Crippen LogP contribution in [0.1, 0.15) is 17.5 Å². The van der Waals surface area contributed by atoms with Crippen LogP contribution in [0, 0.1) is 11.2 Å². The third-order valence-corrected chi connectivity index (χ3v) is 4.94. The van der Waals surface area contributed by atoms with E-state index < -0.39 is 0 Å². The lowest BCUT2D eigenvalue weighted by atomic mass is 9.77.